The van der Waals surface area contributed by atoms with E-state index < -0.39 is 108 Å². The van der Waals surface area contributed by atoms with Gasteiger partial charge in [0.15, 0.2) is 0 Å². The van der Waals surface area contributed by atoms with Crippen LogP contribution in [0.15, 0.2) is 182 Å². The number of aromatic nitrogens is 6. The Morgan fingerprint density at radius 1 is 0.453 bits per heavy atom. The molecule has 2 aromatic heterocycles. The molecular weight excluding hydrogens is 1840 g/mol. The fraction of sp³-hybridized carbons (Fsp3) is 0.354. The molecule has 4 aliphatic rings. The number of amides is 10. The lowest BCUT2D eigenvalue weighted by Crippen LogP contribution is -2.41. The largest absolute Gasteiger partial charge is 0.444 e. The molecule has 7 atom stereocenters. The summed E-state index contributed by atoms with van der Waals surface area (Å²) in [6.07, 6.45) is 3.52. The fourth-order valence-electron chi connectivity index (χ4n) is 14.4. The number of ether oxygens (including phenoxy) is 6. The van der Waals surface area contributed by atoms with Crippen molar-refractivity contribution in [2.45, 2.75) is 177 Å². The van der Waals surface area contributed by atoms with Crippen molar-refractivity contribution in [3.05, 3.63) is 239 Å². The molecule has 0 bridgehead atoms. The Kier molecular flexibility index (Phi) is 39.3. The summed E-state index contributed by atoms with van der Waals surface area (Å²) < 4.78 is 91.8. The quantitative estimate of drug-likeness (QED) is 0.0128. The molecule has 0 spiro atoms. The zero-order chi connectivity index (χ0) is 98.4. The zero-order valence-electron chi connectivity index (χ0n) is 78.3. The third-order valence-electron chi connectivity index (χ3n) is 21.7. The molecule has 40 heteroatoms. The molecule has 0 aliphatic carbocycles. The molecular formula is C99H116Cl2F4N18O16. The van der Waals surface area contributed by atoms with Crippen molar-refractivity contribution in [1.29, 1.82) is 0 Å². The summed E-state index contributed by atoms with van der Waals surface area (Å²) in [5, 5.41) is 34.8. The van der Waals surface area contributed by atoms with Crippen LogP contribution in [0.5, 0.6) is 0 Å². The predicted molar refractivity (Wildman–Crippen MR) is 520 cm³/mol. The smallest absolute Gasteiger partial charge is 0.414 e. The molecule has 10 amide bonds. The molecule has 8 aromatic carbocycles. The number of cyclic esters (lactones) is 4. The van der Waals surface area contributed by atoms with Crippen molar-refractivity contribution < 1.29 is 93.9 Å². The molecule has 4 saturated heterocycles. The van der Waals surface area contributed by atoms with Crippen LogP contribution in [0.3, 0.4) is 0 Å². The van der Waals surface area contributed by atoms with E-state index in [1.807, 2.05) is 74.5 Å². The van der Waals surface area contributed by atoms with Gasteiger partial charge in [-0.1, -0.05) is 110 Å². The Bertz CT molecular complexity index is 5940. The topological polar surface area (TPSA) is 415 Å². The zero-order valence-corrected chi connectivity index (χ0v) is 80.0. The number of halogens is 6. The molecule has 6 heterocycles. The monoisotopic (exact) mass is 1960 g/mol. The van der Waals surface area contributed by atoms with Crippen LogP contribution in [0, 0.1) is 35.6 Å². The number of nitrogens with zero attached hydrogens (tertiary/aromatic N) is 10. The van der Waals surface area contributed by atoms with Crippen LogP contribution in [-0.4, -0.2) is 195 Å². The van der Waals surface area contributed by atoms with Gasteiger partial charge >= 0.3 is 36.6 Å². The summed E-state index contributed by atoms with van der Waals surface area (Å²) in [5.41, 5.74) is 15.2. The Hall–Kier alpha value is -14.7. The minimum Gasteiger partial charge on any atom is -0.444 e. The molecule has 3 unspecified atom stereocenters. The van der Waals surface area contributed by atoms with Crippen molar-refractivity contribution in [2.75, 3.05) is 72.0 Å². The number of carbonyl (C=O) groups is 10. The van der Waals surface area contributed by atoms with Crippen molar-refractivity contribution >= 4 is 108 Å². The van der Waals surface area contributed by atoms with Crippen LogP contribution < -0.4 is 51.9 Å². The number of hydrogen-bond acceptors (Lipinski definition) is 22. The fourth-order valence-corrected chi connectivity index (χ4v) is 14.4. The van der Waals surface area contributed by atoms with Crippen LogP contribution >= 0.6 is 24.8 Å². The maximum atomic E-state index is 15.2. The van der Waals surface area contributed by atoms with Crippen molar-refractivity contribution in [1.82, 2.24) is 67.2 Å². The second kappa shape index (κ2) is 49.9. The van der Waals surface area contributed by atoms with Crippen LogP contribution in [-0.2, 0) is 73.8 Å². The van der Waals surface area contributed by atoms with Gasteiger partial charge in [-0.15, -0.1) is 31.2 Å². The van der Waals surface area contributed by atoms with Gasteiger partial charge in [0.1, 0.15) is 64.6 Å². The molecule has 9 N–H and O–H groups in total. The Labute approximate surface area is 815 Å². The Morgan fingerprint density at radius 3 is 1.00 bits per heavy atom. The summed E-state index contributed by atoms with van der Waals surface area (Å²) in [6, 6.07) is 46.8. The lowest BCUT2D eigenvalue weighted by atomic mass is 10.0. The van der Waals surface area contributed by atoms with Crippen molar-refractivity contribution in [2.24, 2.45) is 5.73 Å². The molecule has 740 valence electrons. The van der Waals surface area contributed by atoms with Gasteiger partial charge in [0.2, 0.25) is 23.6 Å². The molecule has 0 radical (unpaired) electrons. The highest BCUT2D eigenvalue weighted by Crippen LogP contribution is 2.36. The summed E-state index contributed by atoms with van der Waals surface area (Å²) >= 11 is 0. The van der Waals surface area contributed by atoms with Crippen LogP contribution in [0.4, 0.5) is 69.1 Å². The molecule has 0 saturated carbocycles. The minimum absolute atomic E-state index is 0. The lowest BCUT2D eigenvalue weighted by Gasteiger charge is -2.31. The maximum Gasteiger partial charge on any atom is 0.414 e. The SMILES string of the molecule is C.C#CC(C)N(Cc1ccc(-c2ccc(N3C[C@H](CNC(C)=O)OC3=O)cc2F)cc1)C(=O)OC(C)(C)C.CC(=O)NC[C@H]1CN(c2ccc(-c3ccc(CN(C(=O)OC(C)(C)C)C(C)c4cn[nH]n4)cc3)c(F)c2)C(=O)O1.CC(=O)NC[C@H]1CN(c2ccc(-c3ccc(CN)cc3)c(F)c2)C(=O)O1.CC(=O)NC[C@H]1CN(c2ccc(-c3ccc(CNC(C)c4cn[nH]n4)cc3)c(F)c2)C(=O)O1.Cl.Cl. The van der Waals surface area contributed by atoms with Crippen LogP contribution in [0.2, 0.25) is 0 Å². The van der Waals surface area contributed by atoms with E-state index in [1.165, 1.54) is 76.5 Å². The average Bonchev–Trinajstić information content (AvgIpc) is 1.73. The van der Waals surface area contributed by atoms with Crippen LogP contribution in [0.1, 0.15) is 143 Å². The second-order valence-corrected chi connectivity index (χ2v) is 34.5. The number of rotatable bonds is 28. The second-order valence-electron chi connectivity index (χ2n) is 34.5. The molecule has 14 rings (SSSR count). The number of terminal acetylenes is 1. The van der Waals surface area contributed by atoms with E-state index in [2.05, 4.69) is 63.3 Å². The highest BCUT2D eigenvalue weighted by Gasteiger charge is 2.38. The summed E-state index contributed by atoms with van der Waals surface area (Å²) in [7, 11) is 0. The Morgan fingerprint density at radius 2 is 0.734 bits per heavy atom. The molecule has 34 nitrogen and oxygen atoms in total. The summed E-state index contributed by atoms with van der Waals surface area (Å²) in [4.78, 5) is 127. The highest BCUT2D eigenvalue weighted by atomic mass is 35.5. The first kappa shape index (κ1) is 110. The van der Waals surface area contributed by atoms with E-state index in [4.69, 9.17) is 40.6 Å². The first-order valence-corrected chi connectivity index (χ1v) is 43.7. The van der Waals surface area contributed by atoms with Gasteiger partial charge in [-0.25, -0.2) is 46.3 Å². The molecule has 4 aliphatic heterocycles. The van der Waals surface area contributed by atoms with Gasteiger partial charge < -0.3 is 60.7 Å². The number of aromatic amines is 2. The van der Waals surface area contributed by atoms with E-state index in [0.717, 1.165) is 39.1 Å². The summed E-state index contributed by atoms with van der Waals surface area (Å²) in [5.74, 6) is -0.151. The molecule has 139 heavy (non-hydrogen) atoms. The third kappa shape index (κ3) is 30.9. The van der Waals surface area contributed by atoms with Crippen molar-refractivity contribution in [3.63, 3.8) is 0 Å². The third-order valence-corrected chi connectivity index (χ3v) is 21.7. The van der Waals surface area contributed by atoms with Gasteiger partial charge in [-0.05, 0) is 180 Å². The number of anilines is 4. The number of carbonyl (C=O) groups excluding carboxylic acids is 10. The standard InChI is InChI=1S/C28H33FN6O5.C28H32FN3O5.C23H25FN6O3.C19H20FN3O3.CH4.2ClH/c1-17(25-14-31-33-32-25)34(27(38)40-28(3,4)5)15-19-6-8-20(9-7-19)23-11-10-21(12-24(23)29)35-16-22(39-26(35)37)13-30-18(2)36;1-7-18(2)31(27(35)37-28(4,5)6)16-20-8-10-21(11-9-20)24-13-12-22(14-25(24)29)32-17-23(36-26(32)34)15-30-19(3)33;1-14(22-12-27-29-28-22)25-10-16-3-5-17(6-4-16)20-8-7-18(9-21(20)24)30-13-19(33-23(30)32)11-26-15(2)31;1-12(24)22-10-16-11-23(19(25)26-16)15-6-7-17(18(20)8-15)14-4-2-13(9-21)3-5-14;;;/h6-12,14,17,22H,13,15-16H2,1-5H3,(H,30,36)(H,31,32,33);1,8-14,18,23H,15-17H2,2-6H3,(H,30,33);3-9,12,14,19,25H,10-11,13H2,1-2H3,(H,26,31)(H,27,28,29);2-8,16H,9-11,21H2,1H3,(H,22,24);1H4;2*1H/t17?,22-;18?,23-;14?,19-;16-;;;/m0000.../s1. The van der Waals surface area contributed by atoms with Gasteiger partial charge in [0.05, 0.1) is 118 Å². The van der Waals surface area contributed by atoms with Gasteiger partial charge in [0, 0.05) is 69.6 Å². The first-order chi connectivity index (χ1) is 64.7. The average molecular weight is 1960 g/mol. The number of hydrogen-bond donors (Lipinski definition) is 8. The highest BCUT2D eigenvalue weighted by molar-refractivity contribution is 5.93. The van der Waals surface area contributed by atoms with Gasteiger partial charge in [0.25, 0.3) is 0 Å². The van der Waals surface area contributed by atoms with E-state index in [9.17, 15) is 56.7 Å². The van der Waals surface area contributed by atoms with E-state index in [1.54, 1.807) is 151 Å². The number of H-pyrrole nitrogens is 2. The minimum atomic E-state index is -0.676. The number of benzene rings is 8. The summed E-state index contributed by atoms with van der Waals surface area (Å²) in [6.45, 7) is 25.2. The number of nitrogens with two attached hydrogens (primary N) is 1. The van der Waals surface area contributed by atoms with E-state index >= 15 is 8.78 Å². The van der Waals surface area contributed by atoms with Gasteiger partial charge in [-0.3, -0.25) is 48.6 Å². The van der Waals surface area contributed by atoms with Crippen molar-refractivity contribution in [3.8, 4) is 56.9 Å². The maximum absolute atomic E-state index is 15.2. The molecule has 10 aromatic rings. The van der Waals surface area contributed by atoms with E-state index in [0.29, 0.717) is 74.9 Å². The normalized spacial score (nSPS) is 15.8. The van der Waals surface area contributed by atoms with E-state index in [-0.39, 0.29) is 127 Å². The van der Waals surface area contributed by atoms with Gasteiger partial charge in [-0.2, -0.15) is 30.8 Å². The van der Waals surface area contributed by atoms with Crippen LogP contribution in [0.25, 0.3) is 44.5 Å². The number of nitrogens with one attached hydrogen (secondary N) is 7. The lowest BCUT2D eigenvalue weighted by molar-refractivity contribution is -0.120. The first-order valence-electron chi connectivity index (χ1n) is 43.7. The predicted octanol–water partition coefficient (Wildman–Crippen LogP) is 16.1. The Balaban J connectivity index is 0.000000228. The molecule has 4 fully saturated rings.